The molecule has 3 heteroatoms. The highest BCUT2D eigenvalue weighted by Crippen LogP contribution is 2.11. The molecule has 1 aromatic carbocycles. The zero-order valence-corrected chi connectivity index (χ0v) is 6.94. The first-order chi connectivity index (χ1) is 5.70. The molecule has 2 N–H and O–H groups in total. The van der Waals surface area contributed by atoms with Crippen LogP contribution in [0.5, 0.6) is 0 Å². The van der Waals surface area contributed by atoms with Gasteiger partial charge in [-0.15, -0.1) is 0 Å². The van der Waals surface area contributed by atoms with Crippen molar-refractivity contribution in [2.45, 2.75) is 6.92 Å². The maximum Gasteiger partial charge on any atom is 0.480 e. The molecule has 0 saturated heterocycles. The highest BCUT2D eigenvalue weighted by atomic mass is 16.4. The monoisotopic (exact) mass is 162 g/mol. The molecule has 0 aliphatic carbocycles. The van der Waals surface area contributed by atoms with Crippen LogP contribution in [0.15, 0.2) is 36.3 Å². The first-order valence-electron chi connectivity index (χ1n) is 3.80. The third-order valence-corrected chi connectivity index (χ3v) is 1.63. The Labute approximate surface area is 72.3 Å². The minimum Gasteiger partial charge on any atom is -0.424 e. The Morgan fingerprint density at radius 2 is 1.83 bits per heavy atom. The summed E-state index contributed by atoms with van der Waals surface area (Å²) >= 11 is 0. The molecule has 0 heterocycles. The van der Waals surface area contributed by atoms with Crippen molar-refractivity contribution in [1.29, 1.82) is 0 Å². The van der Waals surface area contributed by atoms with E-state index in [4.69, 9.17) is 10.0 Å². The van der Waals surface area contributed by atoms with E-state index in [9.17, 15) is 0 Å². The molecule has 0 spiro atoms. The minimum atomic E-state index is -1.37. The lowest BCUT2D eigenvalue weighted by Gasteiger charge is -1.99. The van der Waals surface area contributed by atoms with Crippen molar-refractivity contribution in [3.63, 3.8) is 0 Å². The Balaban J connectivity index is 2.85. The van der Waals surface area contributed by atoms with Crippen LogP contribution in [0.2, 0.25) is 0 Å². The molecule has 1 aromatic rings. The van der Waals surface area contributed by atoms with E-state index >= 15 is 0 Å². The predicted octanol–water partition coefficient (Wildman–Crippen LogP) is 1.10. The van der Waals surface area contributed by atoms with Crippen molar-refractivity contribution in [3.05, 3.63) is 41.9 Å². The van der Waals surface area contributed by atoms with E-state index in [0.717, 1.165) is 11.1 Å². The Kier molecular flexibility index (Phi) is 3.08. The molecule has 0 atom stereocenters. The summed E-state index contributed by atoms with van der Waals surface area (Å²) < 4.78 is 0. The highest BCUT2D eigenvalue weighted by molar-refractivity contribution is 6.49. The Hall–Kier alpha value is -1.06. The van der Waals surface area contributed by atoms with E-state index in [2.05, 4.69) is 0 Å². The van der Waals surface area contributed by atoms with Crippen LogP contribution in [0, 0.1) is 0 Å². The highest BCUT2D eigenvalue weighted by Gasteiger charge is 2.02. The van der Waals surface area contributed by atoms with Gasteiger partial charge in [-0.05, 0) is 12.5 Å². The number of rotatable bonds is 2. The van der Waals surface area contributed by atoms with Crippen LogP contribution in [0.3, 0.4) is 0 Å². The molecule has 0 aliphatic heterocycles. The Morgan fingerprint density at radius 1 is 1.25 bits per heavy atom. The molecule has 0 unspecified atom stereocenters. The summed E-state index contributed by atoms with van der Waals surface area (Å²) in [4.78, 5) is 0. The number of hydrogen-bond donors (Lipinski definition) is 2. The molecule has 0 fully saturated rings. The maximum absolute atomic E-state index is 8.66. The predicted molar refractivity (Wildman–Crippen MR) is 50.3 cm³/mol. The van der Waals surface area contributed by atoms with Crippen LogP contribution >= 0.6 is 0 Å². The average molecular weight is 162 g/mol. The van der Waals surface area contributed by atoms with E-state index in [0.29, 0.717) is 0 Å². The molecule has 0 bridgehead atoms. The van der Waals surface area contributed by atoms with E-state index in [1.165, 1.54) is 5.98 Å². The molecule has 2 nitrogen and oxygen atoms in total. The van der Waals surface area contributed by atoms with Crippen molar-refractivity contribution in [2.24, 2.45) is 0 Å². The Bertz CT molecular complexity index is 267. The van der Waals surface area contributed by atoms with Gasteiger partial charge in [0.25, 0.3) is 0 Å². The summed E-state index contributed by atoms with van der Waals surface area (Å²) in [6, 6.07) is 9.60. The zero-order valence-electron chi connectivity index (χ0n) is 6.94. The first kappa shape index (κ1) is 9.04. The van der Waals surface area contributed by atoms with Crippen molar-refractivity contribution in [2.75, 3.05) is 0 Å². The Morgan fingerprint density at radius 3 is 2.33 bits per heavy atom. The van der Waals surface area contributed by atoms with Gasteiger partial charge in [0.05, 0.1) is 0 Å². The fraction of sp³-hybridized carbons (Fsp3) is 0.111. The summed E-state index contributed by atoms with van der Waals surface area (Å²) in [7, 11) is -1.37. The molecule has 0 aromatic heterocycles. The van der Waals surface area contributed by atoms with E-state index in [1.54, 1.807) is 0 Å². The quantitative estimate of drug-likeness (QED) is 0.639. The van der Waals surface area contributed by atoms with Crippen molar-refractivity contribution in [3.8, 4) is 0 Å². The largest absolute Gasteiger partial charge is 0.480 e. The van der Waals surface area contributed by atoms with Gasteiger partial charge in [0.2, 0.25) is 0 Å². The second-order valence-electron chi connectivity index (χ2n) is 2.63. The summed E-state index contributed by atoms with van der Waals surface area (Å²) in [6.07, 6.45) is 0. The fourth-order valence-corrected chi connectivity index (χ4v) is 1.02. The summed E-state index contributed by atoms with van der Waals surface area (Å²) in [5.74, 6) is 1.40. The van der Waals surface area contributed by atoms with Gasteiger partial charge in [-0.2, -0.15) is 0 Å². The van der Waals surface area contributed by atoms with Gasteiger partial charge in [-0.25, -0.2) is 0 Å². The first-order valence-corrected chi connectivity index (χ1v) is 3.80. The lowest BCUT2D eigenvalue weighted by Crippen LogP contribution is -2.06. The van der Waals surface area contributed by atoms with Crippen LogP contribution in [-0.4, -0.2) is 17.2 Å². The van der Waals surface area contributed by atoms with Gasteiger partial charge in [0.15, 0.2) is 0 Å². The van der Waals surface area contributed by atoms with Crippen LogP contribution in [0.25, 0.3) is 5.57 Å². The second-order valence-corrected chi connectivity index (χ2v) is 2.63. The van der Waals surface area contributed by atoms with Crippen molar-refractivity contribution in [1.82, 2.24) is 0 Å². The van der Waals surface area contributed by atoms with Gasteiger partial charge < -0.3 is 10.0 Å². The maximum atomic E-state index is 8.66. The van der Waals surface area contributed by atoms with Crippen molar-refractivity contribution >= 4 is 12.7 Å². The van der Waals surface area contributed by atoms with Gasteiger partial charge in [0.1, 0.15) is 0 Å². The van der Waals surface area contributed by atoms with Gasteiger partial charge >= 0.3 is 7.12 Å². The molecule has 0 saturated carbocycles. The summed E-state index contributed by atoms with van der Waals surface area (Å²) in [5, 5.41) is 17.3. The molecular weight excluding hydrogens is 151 g/mol. The standard InChI is InChI=1S/C9H11BO2/c1-8(7-10(11)12)9-5-3-2-4-6-9/h2-7,11-12H,1H3. The fourth-order valence-electron chi connectivity index (χ4n) is 1.02. The van der Waals surface area contributed by atoms with Gasteiger partial charge in [0, 0.05) is 0 Å². The van der Waals surface area contributed by atoms with Crippen LogP contribution in [0.4, 0.5) is 0 Å². The smallest absolute Gasteiger partial charge is 0.424 e. The third-order valence-electron chi connectivity index (χ3n) is 1.63. The SMILES string of the molecule is CC(=CB(O)O)c1ccccc1. The van der Waals surface area contributed by atoms with Crippen LogP contribution in [0.1, 0.15) is 12.5 Å². The molecule has 0 amide bonds. The van der Waals surface area contributed by atoms with E-state index < -0.39 is 7.12 Å². The molecular formula is C9H11BO2. The minimum absolute atomic E-state index is 0.866. The molecule has 0 aliphatic rings. The van der Waals surface area contributed by atoms with E-state index in [1.807, 2.05) is 37.3 Å². The van der Waals surface area contributed by atoms with Crippen molar-refractivity contribution < 1.29 is 10.0 Å². The topological polar surface area (TPSA) is 40.5 Å². The number of hydrogen-bond acceptors (Lipinski definition) is 2. The molecule has 62 valence electrons. The lowest BCUT2D eigenvalue weighted by atomic mass is 9.87. The second kappa shape index (κ2) is 4.09. The summed E-state index contributed by atoms with van der Waals surface area (Å²) in [6.45, 7) is 1.84. The normalized spacial score (nSPS) is 11.4. The lowest BCUT2D eigenvalue weighted by molar-refractivity contribution is 0.424. The van der Waals surface area contributed by atoms with Gasteiger partial charge in [-0.3, -0.25) is 0 Å². The number of allylic oxidation sites excluding steroid dienone is 1. The number of benzene rings is 1. The van der Waals surface area contributed by atoms with Gasteiger partial charge in [-0.1, -0.05) is 41.9 Å². The molecule has 0 radical (unpaired) electrons. The molecule has 1 rings (SSSR count). The van der Waals surface area contributed by atoms with Crippen LogP contribution < -0.4 is 0 Å². The average Bonchev–Trinajstić information content (AvgIpc) is 2.05. The van der Waals surface area contributed by atoms with Crippen LogP contribution in [-0.2, 0) is 0 Å². The zero-order chi connectivity index (χ0) is 8.97. The third kappa shape index (κ3) is 2.53. The molecule has 12 heavy (non-hydrogen) atoms. The van der Waals surface area contributed by atoms with E-state index in [-0.39, 0.29) is 0 Å². The summed E-state index contributed by atoms with van der Waals surface area (Å²) in [5.41, 5.74) is 1.87.